The van der Waals surface area contributed by atoms with E-state index in [1.807, 2.05) is 0 Å². The molecule has 0 aromatic carbocycles. The van der Waals surface area contributed by atoms with E-state index < -0.39 is 12.4 Å². The van der Waals surface area contributed by atoms with Gasteiger partial charge in [-0.05, 0) is 18.2 Å². The fraction of sp³-hybridized carbons (Fsp3) is 0.125. The van der Waals surface area contributed by atoms with Gasteiger partial charge in [0.05, 0.1) is 12.3 Å². The van der Waals surface area contributed by atoms with Gasteiger partial charge in [-0.25, -0.2) is 4.39 Å². The Morgan fingerprint density at radius 3 is 3.00 bits per heavy atom. The summed E-state index contributed by atoms with van der Waals surface area (Å²) in [4.78, 5) is 3.84. The Labute approximate surface area is 64.0 Å². The number of aliphatic hydroxyl groups is 1. The Morgan fingerprint density at radius 1 is 1.64 bits per heavy atom. The zero-order valence-corrected chi connectivity index (χ0v) is 5.87. The fourth-order valence-electron chi connectivity index (χ4n) is 0.667. The maximum atomic E-state index is 12.4. The molecule has 1 aromatic rings. The molecule has 1 aromatic heterocycles. The lowest BCUT2D eigenvalue weighted by molar-refractivity contribution is 0.300. The topological polar surface area (TPSA) is 33.1 Å². The van der Waals surface area contributed by atoms with Crippen LogP contribution < -0.4 is 0 Å². The van der Waals surface area contributed by atoms with E-state index in [1.54, 1.807) is 24.4 Å². The number of rotatable bonds is 2. The van der Waals surface area contributed by atoms with Crippen LogP contribution in [0.5, 0.6) is 0 Å². The summed E-state index contributed by atoms with van der Waals surface area (Å²) in [5, 5.41) is 8.33. The third-order valence-corrected chi connectivity index (χ3v) is 1.14. The van der Waals surface area contributed by atoms with Gasteiger partial charge in [0, 0.05) is 6.20 Å². The first-order valence-corrected chi connectivity index (χ1v) is 3.21. The Morgan fingerprint density at radius 2 is 2.45 bits per heavy atom. The van der Waals surface area contributed by atoms with Gasteiger partial charge in [-0.15, -0.1) is 0 Å². The van der Waals surface area contributed by atoms with Gasteiger partial charge in [0.1, 0.15) is 5.83 Å². The molecule has 0 aliphatic carbocycles. The lowest BCUT2D eigenvalue weighted by atomic mass is 10.3. The molecular weight excluding hydrogens is 145 g/mol. The zero-order valence-electron chi connectivity index (χ0n) is 5.87. The standard InChI is InChI=1S/C8H8FNO/c9-7(6-11)5-8-3-1-2-4-10-8/h1-5,11H,6H2/b7-5+. The lowest BCUT2D eigenvalue weighted by Gasteiger charge is -1.90. The number of hydrogen-bond acceptors (Lipinski definition) is 2. The molecule has 1 N–H and O–H groups in total. The average Bonchev–Trinajstić information content (AvgIpc) is 2.06. The van der Waals surface area contributed by atoms with Crippen molar-refractivity contribution in [2.45, 2.75) is 0 Å². The number of aromatic nitrogens is 1. The van der Waals surface area contributed by atoms with E-state index in [-0.39, 0.29) is 0 Å². The zero-order chi connectivity index (χ0) is 8.10. The molecule has 2 nitrogen and oxygen atoms in total. The van der Waals surface area contributed by atoms with Gasteiger partial charge in [-0.1, -0.05) is 6.07 Å². The van der Waals surface area contributed by atoms with Crippen LogP contribution in [0.1, 0.15) is 5.69 Å². The van der Waals surface area contributed by atoms with Crippen molar-refractivity contribution in [3.05, 3.63) is 35.9 Å². The van der Waals surface area contributed by atoms with Gasteiger partial charge in [-0.2, -0.15) is 0 Å². The molecule has 0 aliphatic heterocycles. The van der Waals surface area contributed by atoms with Crippen LogP contribution in [0.15, 0.2) is 30.2 Å². The minimum atomic E-state index is -0.580. The van der Waals surface area contributed by atoms with E-state index in [2.05, 4.69) is 4.98 Å². The van der Waals surface area contributed by atoms with Crippen LogP contribution in [0.3, 0.4) is 0 Å². The highest BCUT2D eigenvalue weighted by Gasteiger charge is 1.91. The van der Waals surface area contributed by atoms with Gasteiger partial charge >= 0.3 is 0 Å². The van der Waals surface area contributed by atoms with E-state index >= 15 is 0 Å². The molecule has 58 valence electrons. The van der Waals surface area contributed by atoms with Crippen LogP contribution in [-0.4, -0.2) is 16.7 Å². The summed E-state index contributed by atoms with van der Waals surface area (Å²) in [5.41, 5.74) is 0.513. The maximum Gasteiger partial charge on any atom is 0.127 e. The Kier molecular flexibility index (Phi) is 2.74. The SMILES string of the molecule is OC/C(F)=C\c1ccccn1. The average molecular weight is 153 g/mol. The first-order valence-electron chi connectivity index (χ1n) is 3.21. The molecule has 0 aliphatic rings. The van der Waals surface area contributed by atoms with Gasteiger partial charge in [0.15, 0.2) is 0 Å². The van der Waals surface area contributed by atoms with Crippen LogP contribution in [-0.2, 0) is 0 Å². The molecule has 1 rings (SSSR count). The third kappa shape index (κ3) is 2.47. The van der Waals surface area contributed by atoms with Crippen molar-refractivity contribution in [1.29, 1.82) is 0 Å². The molecule has 0 radical (unpaired) electrons. The van der Waals surface area contributed by atoms with E-state index in [0.717, 1.165) is 0 Å². The maximum absolute atomic E-state index is 12.4. The molecule has 0 saturated heterocycles. The number of aliphatic hydroxyl groups excluding tert-OH is 1. The summed E-state index contributed by atoms with van der Waals surface area (Å²) < 4.78 is 12.4. The van der Waals surface area contributed by atoms with Crippen molar-refractivity contribution in [2.75, 3.05) is 6.61 Å². The van der Waals surface area contributed by atoms with E-state index in [1.165, 1.54) is 6.08 Å². The summed E-state index contributed by atoms with van der Waals surface area (Å²) in [5.74, 6) is -0.580. The van der Waals surface area contributed by atoms with Gasteiger partial charge in [0.2, 0.25) is 0 Å². The molecule has 0 saturated carbocycles. The highest BCUT2D eigenvalue weighted by atomic mass is 19.1. The van der Waals surface area contributed by atoms with Crippen molar-refractivity contribution in [1.82, 2.24) is 4.98 Å². The minimum absolute atomic E-state index is 0.513. The normalized spacial score (nSPS) is 11.6. The van der Waals surface area contributed by atoms with Crippen LogP contribution in [0.2, 0.25) is 0 Å². The van der Waals surface area contributed by atoms with Crippen LogP contribution >= 0.6 is 0 Å². The lowest BCUT2D eigenvalue weighted by Crippen LogP contribution is -1.83. The second-order valence-corrected chi connectivity index (χ2v) is 2.00. The van der Waals surface area contributed by atoms with Gasteiger partial charge in [-0.3, -0.25) is 4.98 Å². The number of hydrogen-bond donors (Lipinski definition) is 1. The number of nitrogens with zero attached hydrogens (tertiary/aromatic N) is 1. The summed E-state index contributed by atoms with van der Waals surface area (Å²) in [6.07, 6.45) is 2.76. The Bertz CT molecular complexity index is 246. The molecule has 0 amide bonds. The first kappa shape index (κ1) is 7.88. The monoisotopic (exact) mass is 153 g/mol. The van der Waals surface area contributed by atoms with E-state index in [0.29, 0.717) is 5.69 Å². The van der Waals surface area contributed by atoms with Crippen molar-refractivity contribution >= 4 is 6.08 Å². The summed E-state index contributed by atoms with van der Waals surface area (Å²) in [6.45, 7) is -0.573. The smallest absolute Gasteiger partial charge is 0.127 e. The highest BCUT2D eigenvalue weighted by Crippen LogP contribution is 2.02. The predicted octanol–water partition coefficient (Wildman–Crippen LogP) is 1.38. The Hall–Kier alpha value is -1.22. The van der Waals surface area contributed by atoms with Crippen molar-refractivity contribution < 1.29 is 9.50 Å². The van der Waals surface area contributed by atoms with Gasteiger partial charge in [0.25, 0.3) is 0 Å². The summed E-state index contributed by atoms with van der Waals surface area (Å²) >= 11 is 0. The predicted molar refractivity (Wildman–Crippen MR) is 40.4 cm³/mol. The van der Waals surface area contributed by atoms with E-state index in [9.17, 15) is 4.39 Å². The molecular formula is C8H8FNO. The molecule has 0 unspecified atom stereocenters. The van der Waals surface area contributed by atoms with Crippen molar-refractivity contribution in [2.24, 2.45) is 0 Å². The number of halogens is 1. The second kappa shape index (κ2) is 3.83. The second-order valence-electron chi connectivity index (χ2n) is 2.00. The van der Waals surface area contributed by atoms with Crippen LogP contribution in [0, 0.1) is 0 Å². The summed E-state index contributed by atoms with van der Waals surface area (Å²) in [7, 11) is 0. The molecule has 1 heterocycles. The quantitative estimate of drug-likeness (QED) is 0.696. The van der Waals surface area contributed by atoms with Crippen LogP contribution in [0.4, 0.5) is 4.39 Å². The third-order valence-electron chi connectivity index (χ3n) is 1.14. The molecule has 3 heteroatoms. The summed E-state index contributed by atoms with van der Waals surface area (Å²) in [6, 6.07) is 5.16. The molecule has 0 atom stereocenters. The molecule has 0 fully saturated rings. The Balaban J connectivity index is 2.79. The minimum Gasteiger partial charge on any atom is -0.389 e. The highest BCUT2D eigenvalue weighted by molar-refractivity contribution is 5.46. The molecule has 0 bridgehead atoms. The molecule has 0 spiro atoms. The fourth-order valence-corrected chi connectivity index (χ4v) is 0.667. The number of pyridine rings is 1. The van der Waals surface area contributed by atoms with Gasteiger partial charge < -0.3 is 5.11 Å². The van der Waals surface area contributed by atoms with Crippen LogP contribution in [0.25, 0.3) is 6.08 Å². The molecule has 11 heavy (non-hydrogen) atoms. The van der Waals surface area contributed by atoms with E-state index in [4.69, 9.17) is 5.11 Å². The van der Waals surface area contributed by atoms with Crippen molar-refractivity contribution in [3.8, 4) is 0 Å². The van der Waals surface area contributed by atoms with Crippen molar-refractivity contribution in [3.63, 3.8) is 0 Å². The first-order chi connectivity index (χ1) is 5.33. The largest absolute Gasteiger partial charge is 0.389 e.